The Kier molecular flexibility index (Phi) is 3.33. The maximum absolute atomic E-state index is 8.82. The summed E-state index contributed by atoms with van der Waals surface area (Å²) >= 11 is 0. The molecular formula is C14H16N4. The summed E-state index contributed by atoms with van der Waals surface area (Å²) in [5.74, 6) is 0. The van der Waals surface area contributed by atoms with Gasteiger partial charge in [0.15, 0.2) is 0 Å². The van der Waals surface area contributed by atoms with Crippen molar-refractivity contribution in [2.75, 3.05) is 5.32 Å². The number of benzene rings is 1. The highest BCUT2D eigenvalue weighted by Crippen LogP contribution is 2.15. The van der Waals surface area contributed by atoms with Crippen LogP contribution in [0.4, 0.5) is 5.69 Å². The Bertz CT molecular complexity index is 605. The SMILES string of the molecule is Cc1cc(C#N)ccc1CNc1cn(C)nc1C. The number of aryl methyl sites for hydroxylation is 3. The third-order valence-corrected chi connectivity index (χ3v) is 2.95. The predicted octanol–water partition coefficient (Wildman–Crippen LogP) is 2.52. The second-order valence-corrected chi connectivity index (χ2v) is 4.41. The Morgan fingerprint density at radius 1 is 1.39 bits per heavy atom. The van der Waals surface area contributed by atoms with E-state index in [1.54, 1.807) is 4.68 Å². The van der Waals surface area contributed by atoms with E-state index in [0.717, 1.165) is 23.5 Å². The van der Waals surface area contributed by atoms with E-state index < -0.39 is 0 Å². The van der Waals surface area contributed by atoms with Crippen LogP contribution in [0.25, 0.3) is 0 Å². The van der Waals surface area contributed by atoms with Crippen LogP contribution in [0.1, 0.15) is 22.4 Å². The largest absolute Gasteiger partial charge is 0.378 e. The highest BCUT2D eigenvalue weighted by atomic mass is 15.3. The van der Waals surface area contributed by atoms with Gasteiger partial charge in [-0.15, -0.1) is 0 Å². The molecule has 0 fully saturated rings. The second-order valence-electron chi connectivity index (χ2n) is 4.41. The van der Waals surface area contributed by atoms with Crippen molar-refractivity contribution in [3.05, 3.63) is 46.8 Å². The van der Waals surface area contributed by atoms with Crippen LogP contribution in [-0.4, -0.2) is 9.78 Å². The minimum absolute atomic E-state index is 0.703. The van der Waals surface area contributed by atoms with Crippen molar-refractivity contribution in [1.82, 2.24) is 9.78 Å². The molecule has 4 nitrogen and oxygen atoms in total. The topological polar surface area (TPSA) is 53.6 Å². The van der Waals surface area contributed by atoms with E-state index in [1.807, 2.05) is 45.3 Å². The molecule has 2 aromatic rings. The van der Waals surface area contributed by atoms with Gasteiger partial charge in [-0.25, -0.2) is 0 Å². The molecule has 0 spiro atoms. The molecule has 0 radical (unpaired) electrons. The van der Waals surface area contributed by atoms with E-state index in [2.05, 4.69) is 16.5 Å². The van der Waals surface area contributed by atoms with Crippen molar-refractivity contribution < 1.29 is 0 Å². The maximum atomic E-state index is 8.82. The number of rotatable bonds is 3. The molecule has 0 bridgehead atoms. The first-order valence-electron chi connectivity index (χ1n) is 5.84. The Morgan fingerprint density at radius 2 is 2.17 bits per heavy atom. The maximum Gasteiger partial charge on any atom is 0.0991 e. The van der Waals surface area contributed by atoms with Crippen molar-refractivity contribution in [1.29, 1.82) is 5.26 Å². The lowest BCUT2D eigenvalue weighted by Gasteiger charge is -2.08. The number of aromatic nitrogens is 2. The molecule has 0 saturated heterocycles. The number of nitrogens with zero attached hydrogens (tertiary/aromatic N) is 3. The van der Waals surface area contributed by atoms with Gasteiger partial charge in [-0.05, 0) is 37.1 Å². The van der Waals surface area contributed by atoms with Crippen molar-refractivity contribution in [2.45, 2.75) is 20.4 Å². The van der Waals surface area contributed by atoms with Crippen molar-refractivity contribution in [2.24, 2.45) is 7.05 Å². The first-order valence-corrected chi connectivity index (χ1v) is 5.84. The predicted molar refractivity (Wildman–Crippen MR) is 71.2 cm³/mol. The molecule has 2 rings (SSSR count). The monoisotopic (exact) mass is 240 g/mol. The van der Waals surface area contributed by atoms with E-state index in [0.29, 0.717) is 5.56 Å². The Balaban J connectivity index is 2.11. The van der Waals surface area contributed by atoms with E-state index in [1.165, 1.54) is 5.56 Å². The Labute approximate surface area is 107 Å². The molecular weight excluding hydrogens is 224 g/mol. The van der Waals surface area contributed by atoms with Crippen LogP contribution in [0.3, 0.4) is 0 Å². The molecule has 0 atom stereocenters. The van der Waals surface area contributed by atoms with Crippen LogP contribution in [0, 0.1) is 25.2 Å². The standard InChI is InChI=1S/C14H16N4/c1-10-6-12(7-15)4-5-13(10)8-16-14-9-18(3)17-11(14)2/h4-6,9,16H,8H2,1-3H3. The molecule has 1 aromatic carbocycles. The number of hydrogen-bond donors (Lipinski definition) is 1. The fourth-order valence-corrected chi connectivity index (χ4v) is 1.93. The molecule has 0 unspecified atom stereocenters. The summed E-state index contributed by atoms with van der Waals surface area (Å²) in [7, 11) is 1.91. The van der Waals surface area contributed by atoms with Crippen LogP contribution in [0.2, 0.25) is 0 Å². The van der Waals surface area contributed by atoms with Crippen LogP contribution in [-0.2, 0) is 13.6 Å². The number of hydrogen-bond acceptors (Lipinski definition) is 3. The normalized spacial score (nSPS) is 10.1. The quantitative estimate of drug-likeness (QED) is 0.896. The number of nitriles is 1. The molecule has 1 aromatic heterocycles. The van der Waals surface area contributed by atoms with Crippen LogP contribution in [0.5, 0.6) is 0 Å². The van der Waals surface area contributed by atoms with Gasteiger partial charge in [0.05, 0.1) is 23.0 Å². The highest BCUT2D eigenvalue weighted by Gasteiger charge is 2.04. The molecule has 0 aliphatic carbocycles. The lowest BCUT2D eigenvalue weighted by Crippen LogP contribution is -2.01. The fraction of sp³-hybridized carbons (Fsp3) is 0.286. The summed E-state index contributed by atoms with van der Waals surface area (Å²) in [6.45, 7) is 4.74. The lowest BCUT2D eigenvalue weighted by atomic mass is 10.1. The van der Waals surface area contributed by atoms with Crippen molar-refractivity contribution >= 4 is 5.69 Å². The zero-order valence-electron chi connectivity index (χ0n) is 10.9. The summed E-state index contributed by atoms with van der Waals surface area (Å²) in [5.41, 5.74) is 5.05. The number of nitrogens with one attached hydrogen (secondary N) is 1. The summed E-state index contributed by atoms with van der Waals surface area (Å²) in [6, 6.07) is 7.90. The van der Waals surface area contributed by atoms with Gasteiger partial charge in [0.1, 0.15) is 0 Å². The third kappa shape index (κ3) is 2.51. The summed E-state index contributed by atoms with van der Waals surface area (Å²) in [5, 5.41) is 16.5. The fourth-order valence-electron chi connectivity index (χ4n) is 1.93. The van der Waals surface area contributed by atoms with Crippen LogP contribution < -0.4 is 5.32 Å². The van der Waals surface area contributed by atoms with Gasteiger partial charge < -0.3 is 5.32 Å². The summed E-state index contributed by atoms with van der Waals surface area (Å²) in [6.07, 6.45) is 1.97. The average molecular weight is 240 g/mol. The number of anilines is 1. The lowest BCUT2D eigenvalue weighted by molar-refractivity contribution is 0.756. The molecule has 0 aliphatic rings. The molecule has 0 saturated carbocycles. The first kappa shape index (κ1) is 12.2. The molecule has 1 N–H and O–H groups in total. The minimum Gasteiger partial charge on any atom is -0.378 e. The van der Waals surface area contributed by atoms with Gasteiger partial charge in [-0.3, -0.25) is 4.68 Å². The summed E-state index contributed by atoms with van der Waals surface area (Å²) < 4.78 is 1.79. The van der Waals surface area contributed by atoms with Gasteiger partial charge in [-0.2, -0.15) is 10.4 Å². The van der Waals surface area contributed by atoms with E-state index in [9.17, 15) is 0 Å². The van der Waals surface area contributed by atoms with Crippen LogP contribution >= 0.6 is 0 Å². The molecule has 4 heteroatoms. The van der Waals surface area contributed by atoms with Gasteiger partial charge in [0.25, 0.3) is 0 Å². The van der Waals surface area contributed by atoms with E-state index in [-0.39, 0.29) is 0 Å². The molecule has 92 valence electrons. The molecule has 18 heavy (non-hydrogen) atoms. The third-order valence-electron chi connectivity index (χ3n) is 2.95. The van der Waals surface area contributed by atoms with E-state index in [4.69, 9.17) is 5.26 Å². The second kappa shape index (κ2) is 4.92. The van der Waals surface area contributed by atoms with Gasteiger partial charge in [0.2, 0.25) is 0 Å². The van der Waals surface area contributed by atoms with E-state index >= 15 is 0 Å². The van der Waals surface area contributed by atoms with Gasteiger partial charge >= 0.3 is 0 Å². The zero-order valence-corrected chi connectivity index (χ0v) is 10.9. The summed E-state index contributed by atoms with van der Waals surface area (Å²) in [4.78, 5) is 0. The molecule has 1 heterocycles. The minimum atomic E-state index is 0.703. The Hall–Kier alpha value is -2.28. The van der Waals surface area contributed by atoms with Gasteiger partial charge in [-0.1, -0.05) is 6.07 Å². The molecule has 0 amide bonds. The Morgan fingerprint density at radius 3 is 2.72 bits per heavy atom. The smallest absolute Gasteiger partial charge is 0.0991 e. The van der Waals surface area contributed by atoms with Crippen molar-refractivity contribution in [3.63, 3.8) is 0 Å². The molecule has 0 aliphatic heterocycles. The average Bonchev–Trinajstić information content (AvgIpc) is 2.66. The first-order chi connectivity index (χ1) is 8.60. The van der Waals surface area contributed by atoms with Crippen molar-refractivity contribution in [3.8, 4) is 6.07 Å². The zero-order chi connectivity index (χ0) is 13.1. The highest BCUT2D eigenvalue weighted by molar-refractivity contribution is 5.47. The van der Waals surface area contributed by atoms with Gasteiger partial charge in [0, 0.05) is 19.8 Å². The van der Waals surface area contributed by atoms with Crippen LogP contribution in [0.15, 0.2) is 24.4 Å².